The van der Waals surface area contributed by atoms with Gasteiger partial charge in [-0.05, 0) is 42.5 Å². The molecule has 0 bridgehead atoms. The first-order valence-electron chi connectivity index (χ1n) is 11.7. The van der Waals surface area contributed by atoms with Gasteiger partial charge in [-0.2, -0.15) is 0 Å². The summed E-state index contributed by atoms with van der Waals surface area (Å²) in [4.78, 5) is 27.8. The summed E-state index contributed by atoms with van der Waals surface area (Å²) in [6.07, 6.45) is 5.83. The van der Waals surface area contributed by atoms with Crippen LogP contribution in [0.5, 0.6) is 0 Å². The Morgan fingerprint density at radius 1 is 0.938 bits per heavy atom. The number of benzene rings is 2. The van der Waals surface area contributed by atoms with Gasteiger partial charge in [-0.15, -0.1) is 10.2 Å². The highest BCUT2D eigenvalue weighted by Crippen LogP contribution is 2.24. The molecule has 1 N–H and O–H groups in total. The van der Waals surface area contributed by atoms with E-state index in [1.807, 2.05) is 47.4 Å². The van der Waals surface area contributed by atoms with Crippen molar-refractivity contribution in [3.63, 3.8) is 0 Å². The van der Waals surface area contributed by atoms with Gasteiger partial charge in [0.1, 0.15) is 5.82 Å². The lowest BCUT2D eigenvalue weighted by Gasteiger charge is -2.31. The zero-order valence-corrected chi connectivity index (χ0v) is 18.3. The third-order valence-electron chi connectivity index (χ3n) is 6.78. The van der Waals surface area contributed by atoms with Gasteiger partial charge in [0, 0.05) is 37.5 Å². The van der Waals surface area contributed by atoms with E-state index in [0.717, 1.165) is 53.8 Å². The van der Waals surface area contributed by atoms with Gasteiger partial charge in [-0.1, -0.05) is 42.8 Å². The van der Waals surface area contributed by atoms with Crippen molar-refractivity contribution in [3.8, 4) is 0 Å². The van der Waals surface area contributed by atoms with Crippen molar-refractivity contribution in [2.45, 2.75) is 51.6 Å². The van der Waals surface area contributed by atoms with E-state index in [9.17, 15) is 9.59 Å². The first-order valence-corrected chi connectivity index (χ1v) is 11.7. The molecule has 7 heteroatoms. The first-order chi connectivity index (χ1) is 15.7. The zero-order valence-electron chi connectivity index (χ0n) is 18.3. The average Bonchev–Trinajstić information content (AvgIpc) is 3.07. The number of nitrogens with zero attached hydrogens (tertiary/aromatic N) is 4. The van der Waals surface area contributed by atoms with E-state index in [1.165, 1.54) is 6.42 Å². The largest absolute Gasteiger partial charge is 0.349 e. The molecule has 1 saturated heterocycles. The molecule has 5 rings (SSSR count). The van der Waals surface area contributed by atoms with Gasteiger partial charge < -0.3 is 14.8 Å². The minimum Gasteiger partial charge on any atom is -0.349 e. The van der Waals surface area contributed by atoms with Gasteiger partial charge in [-0.25, -0.2) is 0 Å². The second-order valence-electron chi connectivity index (χ2n) is 8.81. The summed E-state index contributed by atoms with van der Waals surface area (Å²) in [5.74, 6) is 1.91. The lowest BCUT2D eigenvalue weighted by molar-refractivity contribution is -0.126. The number of hydrogen-bond donors (Lipinski definition) is 1. The number of hydrogen-bond acceptors (Lipinski definition) is 4. The van der Waals surface area contributed by atoms with E-state index in [2.05, 4.69) is 20.1 Å². The van der Waals surface area contributed by atoms with E-state index in [4.69, 9.17) is 0 Å². The van der Waals surface area contributed by atoms with Crippen LogP contribution < -0.4 is 5.32 Å². The molecule has 2 aliphatic rings. The summed E-state index contributed by atoms with van der Waals surface area (Å²) in [5, 5.41) is 13.7. The molecular weight excluding hydrogens is 402 g/mol. The van der Waals surface area contributed by atoms with Crippen molar-refractivity contribution in [2.24, 2.45) is 5.92 Å². The maximum absolute atomic E-state index is 13.1. The Kier molecular flexibility index (Phi) is 5.88. The van der Waals surface area contributed by atoms with Crippen LogP contribution >= 0.6 is 0 Å². The number of amides is 2. The van der Waals surface area contributed by atoms with Gasteiger partial charge in [0.05, 0.1) is 6.54 Å². The quantitative estimate of drug-likeness (QED) is 0.687. The highest BCUT2D eigenvalue weighted by molar-refractivity contribution is 6.07. The molecule has 32 heavy (non-hydrogen) atoms. The Morgan fingerprint density at radius 2 is 1.75 bits per heavy atom. The standard InChI is InChI=1S/C25H29N5O2/c31-24(26-17-23-28-27-22-11-2-1-5-14-30(22)23)19-12-15-29(16-13-19)25(32)21-10-6-8-18-7-3-4-9-20(18)21/h3-4,6-10,19H,1-2,5,11-17H2,(H,26,31). The normalized spacial score (nSPS) is 17.1. The van der Waals surface area contributed by atoms with Crippen molar-refractivity contribution in [1.82, 2.24) is 25.0 Å². The van der Waals surface area contributed by atoms with E-state index in [1.54, 1.807) is 0 Å². The highest BCUT2D eigenvalue weighted by atomic mass is 16.2. The fourth-order valence-corrected chi connectivity index (χ4v) is 4.91. The summed E-state index contributed by atoms with van der Waals surface area (Å²) in [6, 6.07) is 13.8. The van der Waals surface area contributed by atoms with Crippen LogP contribution in [0.15, 0.2) is 42.5 Å². The van der Waals surface area contributed by atoms with Gasteiger partial charge in [0.15, 0.2) is 5.82 Å². The number of fused-ring (bicyclic) bond motifs is 2. The van der Waals surface area contributed by atoms with Crippen molar-refractivity contribution in [2.75, 3.05) is 13.1 Å². The number of piperidine rings is 1. The minimum absolute atomic E-state index is 0.0480. The Labute approximate surface area is 187 Å². The molecule has 1 aromatic heterocycles. The fraction of sp³-hybridized carbons (Fsp3) is 0.440. The molecular formula is C25H29N5O2. The van der Waals surface area contributed by atoms with Crippen molar-refractivity contribution in [3.05, 3.63) is 59.7 Å². The zero-order chi connectivity index (χ0) is 21.9. The van der Waals surface area contributed by atoms with Crippen LogP contribution in [0, 0.1) is 5.92 Å². The third-order valence-corrected chi connectivity index (χ3v) is 6.78. The van der Waals surface area contributed by atoms with Crippen molar-refractivity contribution in [1.29, 1.82) is 0 Å². The highest BCUT2D eigenvalue weighted by Gasteiger charge is 2.28. The molecule has 166 valence electrons. The smallest absolute Gasteiger partial charge is 0.254 e. The third kappa shape index (κ3) is 4.11. The summed E-state index contributed by atoms with van der Waals surface area (Å²) in [6.45, 7) is 2.55. The molecule has 2 amide bonds. The van der Waals surface area contributed by atoms with E-state index in [-0.39, 0.29) is 17.7 Å². The monoisotopic (exact) mass is 431 g/mol. The fourth-order valence-electron chi connectivity index (χ4n) is 4.91. The molecule has 0 spiro atoms. The molecule has 0 atom stereocenters. The first kappa shape index (κ1) is 20.7. The maximum Gasteiger partial charge on any atom is 0.254 e. The average molecular weight is 432 g/mol. The van der Waals surface area contributed by atoms with Crippen molar-refractivity contribution >= 4 is 22.6 Å². The van der Waals surface area contributed by atoms with Crippen molar-refractivity contribution < 1.29 is 9.59 Å². The van der Waals surface area contributed by atoms with Crippen LogP contribution in [0.4, 0.5) is 0 Å². The van der Waals surface area contributed by atoms with E-state index >= 15 is 0 Å². The Balaban J connectivity index is 1.17. The SMILES string of the molecule is O=C(NCc1nnc2n1CCCCC2)C1CCN(C(=O)c2cccc3ccccc23)CC1. The summed E-state index contributed by atoms with van der Waals surface area (Å²) in [5.41, 5.74) is 0.735. The summed E-state index contributed by atoms with van der Waals surface area (Å²) < 4.78 is 2.17. The predicted octanol–water partition coefficient (Wildman–Crippen LogP) is 3.33. The molecule has 0 saturated carbocycles. The molecule has 0 aliphatic carbocycles. The number of rotatable bonds is 4. The number of nitrogens with one attached hydrogen (secondary N) is 1. The predicted molar refractivity (Wildman–Crippen MR) is 122 cm³/mol. The molecule has 2 aromatic carbocycles. The number of aromatic nitrogens is 3. The van der Waals surface area contributed by atoms with Gasteiger partial charge in [0.2, 0.25) is 5.91 Å². The van der Waals surface area contributed by atoms with Crippen LogP contribution in [0.25, 0.3) is 10.8 Å². The topological polar surface area (TPSA) is 80.1 Å². The van der Waals surface area contributed by atoms with E-state index in [0.29, 0.717) is 32.5 Å². The van der Waals surface area contributed by atoms with Crippen LogP contribution in [-0.2, 0) is 24.3 Å². The van der Waals surface area contributed by atoms with Crippen LogP contribution in [0.1, 0.15) is 54.1 Å². The second-order valence-corrected chi connectivity index (χ2v) is 8.81. The van der Waals surface area contributed by atoms with Crippen LogP contribution in [0.3, 0.4) is 0 Å². The molecule has 3 aromatic rings. The van der Waals surface area contributed by atoms with Gasteiger partial charge >= 0.3 is 0 Å². The Hall–Kier alpha value is -3.22. The molecule has 7 nitrogen and oxygen atoms in total. The second kappa shape index (κ2) is 9.10. The van der Waals surface area contributed by atoms with Gasteiger partial charge in [-0.3, -0.25) is 9.59 Å². The lowest BCUT2D eigenvalue weighted by atomic mass is 9.95. The van der Waals surface area contributed by atoms with Crippen LogP contribution in [-0.4, -0.2) is 44.6 Å². The molecule has 0 unspecified atom stereocenters. The summed E-state index contributed by atoms with van der Waals surface area (Å²) in [7, 11) is 0. The van der Waals surface area contributed by atoms with E-state index < -0.39 is 0 Å². The molecule has 2 aliphatic heterocycles. The molecule has 1 fully saturated rings. The number of carbonyl (C=O) groups is 2. The molecule has 3 heterocycles. The minimum atomic E-state index is -0.0712. The maximum atomic E-state index is 13.1. The number of aryl methyl sites for hydroxylation is 1. The van der Waals surface area contributed by atoms with Crippen LogP contribution in [0.2, 0.25) is 0 Å². The van der Waals surface area contributed by atoms with Gasteiger partial charge in [0.25, 0.3) is 5.91 Å². The Bertz CT molecular complexity index is 1130. The lowest BCUT2D eigenvalue weighted by Crippen LogP contribution is -2.43. The number of carbonyl (C=O) groups excluding carboxylic acids is 2. The molecule has 0 radical (unpaired) electrons. The summed E-state index contributed by atoms with van der Waals surface area (Å²) >= 11 is 0. The number of likely N-dealkylation sites (tertiary alicyclic amines) is 1. The Morgan fingerprint density at radius 3 is 2.62 bits per heavy atom.